The van der Waals surface area contributed by atoms with E-state index in [-0.39, 0.29) is 17.3 Å². The van der Waals surface area contributed by atoms with Gasteiger partial charge < -0.3 is 14.2 Å². The number of rotatable bonds is 5. The quantitative estimate of drug-likeness (QED) is 0.758. The molecule has 100 valence electrons. The second kappa shape index (κ2) is 5.61. The van der Waals surface area contributed by atoms with E-state index in [9.17, 15) is 13.6 Å². The lowest BCUT2D eigenvalue weighted by Crippen LogP contribution is -2.21. The average Bonchev–Trinajstić information content (AvgIpc) is 2.34. The molecule has 0 N–H and O–H groups in total. The molecule has 0 bridgehead atoms. The van der Waals surface area contributed by atoms with Crippen LogP contribution in [0.5, 0.6) is 11.8 Å². The summed E-state index contributed by atoms with van der Waals surface area (Å²) in [6, 6.07) is 2.63. The zero-order valence-electron chi connectivity index (χ0n) is 10.2. The van der Waals surface area contributed by atoms with Crippen LogP contribution in [-0.2, 0) is 4.74 Å². The van der Waals surface area contributed by atoms with Crippen LogP contribution in [0.1, 0.15) is 17.3 Å². The summed E-state index contributed by atoms with van der Waals surface area (Å²) in [5.74, 6) is -3.69. The van der Waals surface area contributed by atoms with Crippen LogP contribution in [-0.4, -0.2) is 37.7 Å². The van der Waals surface area contributed by atoms with Gasteiger partial charge in [0, 0.05) is 13.0 Å². The van der Waals surface area contributed by atoms with Gasteiger partial charge in [-0.3, -0.25) is 0 Å². The molecule has 1 aromatic rings. The minimum absolute atomic E-state index is 0.0428. The van der Waals surface area contributed by atoms with Crippen molar-refractivity contribution < 1.29 is 27.8 Å². The van der Waals surface area contributed by atoms with Crippen molar-refractivity contribution in [3.63, 3.8) is 0 Å². The Balaban J connectivity index is 2.88. The molecule has 0 fully saturated rings. The number of hydrogen-bond acceptors (Lipinski definition) is 5. The summed E-state index contributed by atoms with van der Waals surface area (Å²) in [5, 5.41) is 0. The Bertz CT molecular complexity index is 432. The van der Waals surface area contributed by atoms with Crippen molar-refractivity contribution in [2.45, 2.75) is 12.8 Å². The number of methoxy groups -OCH3 is 2. The molecule has 0 amide bonds. The number of pyridine rings is 1. The Morgan fingerprint density at radius 2 is 2.06 bits per heavy atom. The van der Waals surface area contributed by atoms with E-state index in [0.29, 0.717) is 0 Å². The monoisotopic (exact) mass is 261 g/mol. The first-order chi connectivity index (χ1) is 8.37. The molecule has 1 aromatic heterocycles. The molecule has 0 unspecified atom stereocenters. The number of nitrogens with zero attached hydrogens (tertiary/aromatic N) is 1. The highest BCUT2D eigenvalue weighted by atomic mass is 19.3. The summed E-state index contributed by atoms with van der Waals surface area (Å²) >= 11 is 0. The van der Waals surface area contributed by atoms with Gasteiger partial charge in [-0.15, -0.1) is 0 Å². The maximum atomic E-state index is 12.6. The van der Waals surface area contributed by atoms with Crippen LogP contribution < -0.4 is 9.47 Å². The molecule has 0 aromatic carbocycles. The van der Waals surface area contributed by atoms with E-state index >= 15 is 0 Å². The summed E-state index contributed by atoms with van der Waals surface area (Å²) in [4.78, 5) is 15.1. The number of ether oxygens (including phenoxy) is 3. The van der Waals surface area contributed by atoms with Crippen LogP contribution in [0, 0.1) is 0 Å². The highest BCUT2D eigenvalue weighted by molar-refractivity contribution is 5.91. The van der Waals surface area contributed by atoms with Gasteiger partial charge in [0.2, 0.25) is 11.8 Å². The smallest absolute Gasteiger partial charge is 0.343 e. The first-order valence-electron chi connectivity index (χ1n) is 5.01. The van der Waals surface area contributed by atoms with Gasteiger partial charge in [-0.05, 0) is 6.07 Å². The maximum absolute atomic E-state index is 12.6. The molecule has 7 heteroatoms. The summed E-state index contributed by atoms with van der Waals surface area (Å²) in [5.41, 5.74) is 0.0932. The Kier molecular flexibility index (Phi) is 4.41. The lowest BCUT2D eigenvalue weighted by Gasteiger charge is -2.12. The predicted molar refractivity (Wildman–Crippen MR) is 58.2 cm³/mol. The molecule has 1 heterocycles. The van der Waals surface area contributed by atoms with Crippen LogP contribution in [0.25, 0.3) is 0 Å². The van der Waals surface area contributed by atoms with E-state index in [1.54, 1.807) is 0 Å². The zero-order valence-corrected chi connectivity index (χ0v) is 10.2. The van der Waals surface area contributed by atoms with Crippen molar-refractivity contribution in [3.8, 4) is 11.8 Å². The lowest BCUT2D eigenvalue weighted by atomic mass is 10.3. The Labute approximate surface area is 103 Å². The molecule has 0 spiro atoms. The van der Waals surface area contributed by atoms with Crippen molar-refractivity contribution in [3.05, 3.63) is 17.7 Å². The van der Waals surface area contributed by atoms with Crippen LogP contribution in [0.4, 0.5) is 8.78 Å². The van der Waals surface area contributed by atoms with Gasteiger partial charge in [-0.1, -0.05) is 0 Å². The molecule has 0 saturated carbocycles. The fraction of sp³-hybridized carbons (Fsp3) is 0.455. The van der Waals surface area contributed by atoms with E-state index in [1.807, 2.05) is 0 Å². The third-order valence-corrected chi connectivity index (χ3v) is 1.91. The van der Waals surface area contributed by atoms with E-state index in [4.69, 9.17) is 9.47 Å². The molecular formula is C11H13F2NO4. The highest BCUT2D eigenvalue weighted by Gasteiger charge is 2.23. The molecule has 0 atom stereocenters. The highest BCUT2D eigenvalue weighted by Crippen LogP contribution is 2.22. The van der Waals surface area contributed by atoms with Crippen molar-refractivity contribution >= 4 is 5.97 Å². The molecule has 1 rings (SSSR count). The molecular weight excluding hydrogens is 248 g/mol. The van der Waals surface area contributed by atoms with Crippen molar-refractivity contribution in [1.29, 1.82) is 0 Å². The number of aromatic nitrogens is 1. The zero-order chi connectivity index (χ0) is 13.8. The van der Waals surface area contributed by atoms with Gasteiger partial charge in [0.1, 0.15) is 5.56 Å². The van der Waals surface area contributed by atoms with E-state index in [2.05, 4.69) is 9.72 Å². The van der Waals surface area contributed by atoms with Gasteiger partial charge in [0.25, 0.3) is 5.92 Å². The minimum atomic E-state index is -2.96. The number of esters is 1. The number of halogens is 2. The number of hydrogen-bond donors (Lipinski definition) is 0. The van der Waals surface area contributed by atoms with Crippen LogP contribution in [0.2, 0.25) is 0 Å². The predicted octanol–water partition coefficient (Wildman–Crippen LogP) is 1.91. The summed E-state index contributed by atoms with van der Waals surface area (Å²) in [6.45, 7) is -0.0756. The lowest BCUT2D eigenvalue weighted by molar-refractivity contribution is -0.0244. The molecule has 0 saturated heterocycles. The van der Waals surface area contributed by atoms with E-state index in [1.165, 1.54) is 26.4 Å². The first-order valence-corrected chi connectivity index (χ1v) is 5.01. The van der Waals surface area contributed by atoms with Gasteiger partial charge in [-0.25, -0.2) is 13.6 Å². The standard InChI is InChI=1S/C11H13F2NO4/c1-11(12,13)6-18-8-5-4-7(10(15)17-3)9(14-8)16-2/h4-5H,6H2,1-3H3. The summed E-state index contributed by atoms with van der Waals surface area (Å²) < 4.78 is 39.4. The Hall–Kier alpha value is -1.92. The molecule has 0 aliphatic carbocycles. The second-order valence-electron chi connectivity index (χ2n) is 3.56. The number of carbonyl (C=O) groups is 1. The largest absolute Gasteiger partial charge is 0.480 e. The van der Waals surface area contributed by atoms with E-state index in [0.717, 1.165) is 6.92 Å². The van der Waals surface area contributed by atoms with Gasteiger partial charge in [0.05, 0.1) is 14.2 Å². The third-order valence-electron chi connectivity index (χ3n) is 1.91. The van der Waals surface area contributed by atoms with Gasteiger partial charge in [0.15, 0.2) is 6.61 Å². The molecule has 0 radical (unpaired) electrons. The maximum Gasteiger partial charge on any atom is 0.343 e. The normalized spacial score (nSPS) is 10.9. The second-order valence-corrected chi connectivity index (χ2v) is 3.56. The fourth-order valence-corrected chi connectivity index (χ4v) is 1.13. The van der Waals surface area contributed by atoms with Crippen LogP contribution in [0.3, 0.4) is 0 Å². The average molecular weight is 261 g/mol. The summed E-state index contributed by atoms with van der Waals surface area (Å²) in [7, 11) is 2.51. The molecule has 0 aliphatic heterocycles. The van der Waals surface area contributed by atoms with Gasteiger partial charge >= 0.3 is 5.97 Å². The SMILES string of the molecule is COC(=O)c1ccc(OCC(C)(F)F)nc1OC. The van der Waals surface area contributed by atoms with Crippen LogP contribution in [0.15, 0.2) is 12.1 Å². The number of alkyl halides is 2. The topological polar surface area (TPSA) is 57.7 Å². The fourth-order valence-electron chi connectivity index (χ4n) is 1.13. The first kappa shape index (κ1) is 14.1. The van der Waals surface area contributed by atoms with Crippen molar-refractivity contribution in [2.75, 3.05) is 20.8 Å². The summed E-state index contributed by atoms with van der Waals surface area (Å²) in [6.07, 6.45) is 0. The van der Waals surface area contributed by atoms with Crippen molar-refractivity contribution in [2.24, 2.45) is 0 Å². The molecule has 0 aliphatic rings. The number of carbonyl (C=O) groups excluding carboxylic acids is 1. The molecule has 5 nitrogen and oxygen atoms in total. The van der Waals surface area contributed by atoms with E-state index < -0.39 is 18.5 Å². The Morgan fingerprint density at radius 1 is 1.39 bits per heavy atom. The molecule has 18 heavy (non-hydrogen) atoms. The van der Waals surface area contributed by atoms with Gasteiger partial charge in [-0.2, -0.15) is 4.98 Å². The Morgan fingerprint density at radius 3 is 2.56 bits per heavy atom. The minimum Gasteiger partial charge on any atom is -0.480 e. The van der Waals surface area contributed by atoms with Crippen molar-refractivity contribution in [1.82, 2.24) is 4.98 Å². The third kappa shape index (κ3) is 3.83. The van der Waals surface area contributed by atoms with Crippen LogP contribution >= 0.6 is 0 Å².